The van der Waals surface area contributed by atoms with Gasteiger partial charge in [-0.25, -0.2) is 0 Å². The van der Waals surface area contributed by atoms with Gasteiger partial charge in [0.25, 0.3) is 5.91 Å². The molecular weight excluding hydrogens is 520 g/mol. The van der Waals surface area contributed by atoms with Crippen molar-refractivity contribution in [2.45, 2.75) is 19.8 Å². The Balaban J connectivity index is 1.50. The highest BCUT2D eigenvalue weighted by atomic mass is 79.9. The van der Waals surface area contributed by atoms with E-state index in [9.17, 15) is 4.79 Å². The smallest absolute Gasteiger partial charge is 0.283 e. The van der Waals surface area contributed by atoms with E-state index in [2.05, 4.69) is 32.9 Å². The van der Waals surface area contributed by atoms with Gasteiger partial charge in [0.05, 0.1) is 17.2 Å². The second kappa shape index (κ2) is 10.9. The zero-order valence-corrected chi connectivity index (χ0v) is 21.1. The number of nitrogens with zero attached hydrogens (tertiary/aromatic N) is 3. The van der Waals surface area contributed by atoms with E-state index in [4.69, 9.17) is 19.6 Å². The molecule has 1 N–H and O–H groups in total. The molecule has 34 heavy (non-hydrogen) atoms. The molecule has 2 heterocycles. The molecule has 0 aromatic heterocycles. The van der Waals surface area contributed by atoms with Gasteiger partial charge >= 0.3 is 0 Å². The lowest BCUT2D eigenvalue weighted by Gasteiger charge is -2.20. The van der Waals surface area contributed by atoms with Crippen molar-refractivity contribution in [2.24, 2.45) is 10.1 Å². The molecule has 0 fully saturated rings. The molecule has 0 saturated carbocycles. The molecule has 0 radical (unpaired) electrons. The summed E-state index contributed by atoms with van der Waals surface area (Å²) in [7, 11) is 1.54. The number of nitrogens with one attached hydrogen (secondary N) is 1. The van der Waals surface area contributed by atoms with Crippen LogP contribution in [0.3, 0.4) is 0 Å². The minimum atomic E-state index is -0.467. The summed E-state index contributed by atoms with van der Waals surface area (Å²) in [5, 5.41) is 15.6. The van der Waals surface area contributed by atoms with Crippen LogP contribution in [0.2, 0.25) is 0 Å². The van der Waals surface area contributed by atoms with Gasteiger partial charge in [-0.15, -0.1) is 0 Å². The topological polar surface area (TPSA) is 96.6 Å². The molecule has 2 aromatic carbocycles. The van der Waals surface area contributed by atoms with Gasteiger partial charge in [0, 0.05) is 0 Å². The third-order valence-corrected chi connectivity index (χ3v) is 6.42. The van der Waals surface area contributed by atoms with E-state index in [1.807, 2.05) is 30.3 Å². The number of amidine groups is 2. The van der Waals surface area contributed by atoms with E-state index in [1.54, 1.807) is 25.3 Å². The zero-order chi connectivity index (χ0) is 24.1. The largest absolute Gasteiger partial charge is 0.493 e. The van der Waals surface area contributed by atoms with Crippen molar-refractivity contribution in [3.63, 3.8) is 0 Å². The summed E-state index contributed by atoms with van der Waals surface area (Å²) in [6.45, 7) is 2.74. The van der Waals surface area contributed by atoms with E-state index in [0.29, 0.717) is 39.9 Å². The van der Waals surface area contributed by atoms with E-state index >= 15 is 0 Å². The number of amides is 1. The quantitative estimate of drug-likeness (QED) is 0.339. The molecule has 1 amide bonds. The molecule has 0 spiro atoms. The minimum Gasteiger partial charge on any atom is -0.493 e. The first-order valence-corrected chi connectivity index (χ1v) is 12.3. The van der Waals surface area contributed by atoms with Crippen LogP contribution >= 0.6 is 27.7 Å². The Morgan fingerprint density at radius 3 is 2.68 bits per heavy atom. The van der Waals surface area contributed by atoms with Crippen molar-refractivity contribution >= 4 is 55.7 Å². The molecule has 0 unspecified atom stereocenters. The number of carbonyl (C=O) groups is 1. The molecule has 0 bridgehead atoms. The maximum Gasteiger partial charge on any atom is 0.283 e. The van der Waals surface area contributed by atoms with E-state index in [0.717, 1.165) is 23.6 Å². The molecular formula is C24H23BrN4O4S. The van der Waals surface area contributed by atoms with Gasteiger partial charge in [-0.1, -0.05) is 25.1 Å². The van der Waals surface area contributed by atoms with Crippen molar-refractivity contribution < 1.29 is 19.0 Å². The average molecular weight is 543 g/mol. The van der Waals surface area contributed by atoms with Crippen LogP contribution in [0.1, 0.15) is 25.3 Å². The predicted molar refractivity (Wildman–Crippen MR) is 138 cm³/mol. The van der Waals surface area contributed by atoms with Gasteiger partial charge in [-0.3, -0.25) is 10.2 Å². The SMILES string of the molecule is CCCC1=NN2C(=N)/C(=C/c3cc(Br)c(OCCOc4ccccc4)c(OC)c3)C(=O)N=C2S1. The highest BCUT2D eigenvalue weighted by Crippen LogP contribution is 2.38. The molecule has 2 aliphatic heterocycles. The van der Waals surface area contributed by atoms with Crippen LogP contribution in [0, 0.1) is 5.41 Å². The van der Waals surface area contributed by atoms with Crippen LogP contribution < -0.4 is 14.2 Å². The first-order valence-electron chi connectivity index (χ1n) is 10.7. The monoisotopic (exact) mass is 542 g/mol. The Labute approximate surface area is 210 Å². The van der Waals surface area contributed by atoms with Gasteiger partial charge < -0.3 is 14.2 Å². The number of ether oxygens (including phenoxy) is 3. The number of halogens is 1. The Morgan fingerprint density at radius 2 is 1.94 bits per heavy atom. The average Bonchev–Trinajstić information content (AvgIpc) is 3.23. The van der Waals surface area contributed by atoms with Gasteiger partial charge in [0.15, 0.2) is 17.3 Å². The highest BCUT2D eigenvalue weighted by Gasteiger charge is 2.35. The van der Waals surface area contributed by atoms with E-state index < -0.39 is 5.91 Å². The van der Waals surface area contributed by atoms with Crippen molar-refractivity contribution in [3.8, 4) is 17.2 Å². The maximum absolute atomic E-state index is 12.6. The zero-order valence-electron chi connectivity index (χ0n) is 18.7. The summed E-state index contributed by atoms with van der Waals surface area (Å²) in [5.74, 6) is 1.32. The number of fused-ring (bicyclic) bond motifs is 1. The van der Waals surface area contributed by atoms with Crippen molar-refractivity contribution in [1.29, 1.82) is 5.41 Å². The van der Waals surface area contributed by atoms with Gasteiger partial charge in [0.1, 0.15) is 24.0 Å². The second-order valence-corrected chi connectivity index (χ2v) is 9.20. The first kappa shape index (κ1) is 24.0. The van der Waals surface area contributed by atoms with Crippen molar-refractivity contribution in [2.75, 3.05) is 20.3 Å². The fourth-order valence-electron chi connectivity index (χ4n) is 3.30. The van der Waals surface area contributed by atoms with Crippen LogP contribution in [0.15, 0.2) is 62.6 Å². The fourth-order valence-corrected chi connectivity index (χ4v) is 4.86. The number of para-hydroxylation sites is 1. The number of hydrogen-bond donors (Lipinski definition) is 1. The summed E-state index contributed by atoms with van der Waals surface area (Å²) in [5.41, 5.74) is 0.817. The van der Waals surface area contributed by atoms with Crippen molar-refractivity contribution in [1.82, 2.24) is 5.01 Å². The first-order chi connectivity index (χ1) is 16.5. The van der Waals surface area contributed by atoms with E-state index in [-0.39, 0.29) is 11.4 Å². The lowest BCUT2D eigenvalue weighted by molar-refractivity contribution is -0.114. The Morgan fingerprint density at radius 1 is 1.18 bits per heavy atom. The number of rotatable bonds is 9. The normalized spacial score (nSPS) is 16.3. The van der Waals surface area contributed by atoms with Gasteiger partial charge in [0.2, 0.25) is 5.17 Å². The molecule has 2 aromatic rings. The van der Waals surface area contributed by atoms with Crippen LogP contribution in [0.25, 0.3) is 6.08 Å². The second-order valence-electron chi connectivity index (χ2n) is 7.31. The van der Waals surface area contributed by atoms with Crippen LogP contribution in [-0.4, -0.2) is 47.3 Å². The van der Waals surface area contributed by atoms with Gasteiger partial charge in [-0.2, -0.15) is 15.1 Å². The summed E-state index contributed by atoms with van der Waals surface area (Å²) < 4.78 is 17.7. The van der Waals surface area contributed by atoms with Crippen LogP contribution in [-0.2, 0) is 4.79 Å². The molecule has 0 aliphatic carbocycles. The number of hydrazone groups is 1. The Bertz CT molecular complexity index is 1200. The third-order valence-electron chi connectivity index (χ3n) is 4.86. The lowest BCUT2D eigenvalue weighted by Crippen LogP contribution is -2.35. The molecule has 176 valence electrons. The van der Waals surface area contributed by atoms with E-state index in [1.165, 1.54) is 16.8 Å². The molecule has 2 aliphatic rings. The maximum atomic E-state index is 12.6. The number of benzene rings is 2. The number of hydrogen-bond acceptors (Lipinski definition) is 7. The van der Waals surface area contributed by atoms with Crippen molar-refractivity contribution in [3.05, 3.63) is 58.1 Å². The lowest BCUT2D eigenvalue weighted by atomic mass is 10.1. The van der Waals surface area contributed by atoms with Crippen LogP contribution in [0.5, 0.6) is 17.2 Å². The summed E-state index contributed by atoms with van der Waals surface area (Å²) in [4.78, 5) is 16.8. The summed E-state index contributed by atoms with van der Waals surface area (Å²) in [6.07, 6.45) is 3.32. The molecule has 10 heteroatoms. The molecule has 0 atom stereocenters. The predicted octanol–water partition coefficient (Wildman–Crippen LogP) is 5.33. The Kier molecular flexibility index (Phi) is 7.69. The number of methoxy groups -OCH3 is 1. The highest BCUT2D eigenvalue weighted by molar-refractivity contribution is 9.10. The molecule has 0 saturated heterocycles. The molecule has 8 nitrogen and oxygen atoms in total. The fraction of sp³-hybridized carbons (Fsp3) is 0.250. The number of carbonyl (C=O) groups excluding carboxylic acids is 1. The van der Waals surface area contributed by atoms with Gasteiger partial charge in [-0.05, 0) is 76.4 Å². The minimum absolute atomic E-state index is 0.00193. The number of thioether (sulfide) groups is 1. The number of aliphatic imine (C=N–C) groups is 1. The van der Waals surface area contributed by atoms with Crippen LogP contribution in [0.4, 0.5) is 0 Å². The Hall–Kier alpha value is -3.11. The summed E-state index contributed by atoms with van der Waals surface area (Å²) in [6, 6.07) is 13.1. The molecule has 4 rings (SSSR count). The summed E-state index contributed by atoms with van der Waals surface area (Å²) >= 11 is 4.86. The third kappa shape index (κ3) is 5.34. The standard InChI is InChI=1S/C24H23BrN4O4S/c1-3-7-20-28-29-22(26)17(23(30)27-24(29)34-20)12-15-13-18(25)21(19(14-15)31-2)33-11-10-32-16-8-5-4-6-9-16/h4-6,8-9,12-14,26H,3,7,10-11H2,1-2H3/b17-12-,26-22?.